The number of nitrogens with one attached hydrogen (secondary N) is 2. The Labute approximate surface area is 246 Å². The van der Waals surface area contributed by atoms with Crippen LogP contribution < -0.4 is 4.90 Å². The van der Waals surface area contributed by atoms with Crippen molar-refractivity contribution in [1.29, 1.82) is 0 Å². The van der Waals surface area contributed by atoms with E-state index < -0.39 is 0 Å². The zero-order chi connectivity index (χ0) is 29.0. The highest BCUT2D eigenvalue weighted by Crippen LogP contribution is 2.47. The third-order valence-corrected chi connectivity index (χ3v) is 9.12. The number of para-hydroxylation sites is 2. The van der Waals surface area contributed by atoms with Crippen molar-refractivity contribution < 1.29 is 9.59 Å². The maximum absolute atomic E-state index is 14.8. The van der Waals surface area contributed by atoms with Gasteiger partial charge in [-0.3, -0.25) is 9.59 Å². The minimum absolute atomic E-state index is 0.312. The second kappa shape index (κ2) is 8.43. The van der Waals surface area contributed by atoms with E-state index in [2.05, 4.69) is 46.4 Å². The number of nitrogens with zero attached hydrogens (tertiary/aromatic N) is 1. The minimum Gasteiger partial charge on any atom is -0.358 e. The number of aryl methyl sites for hydroxylation is 2. The van der Waals surface area contributed by atoms with Gasteiger partial charge in [0, 0.05) is 49.7 Å². The second-order valence-electron chi connectivity index (χ2n) is 11.5. The number of fused-ring (bicyclic) bond motifs is 2. The van der Waals surface area contributed by atoms with Gasteiger partial charge in [0.25, 0.3) is 11.8 Å². The van der Waals surface area contributed by atoms with Crippen LogP contribution in [-0.4, -0.2) is 21.8 Å². The van der Waals surface area contributed by atoms with E-state index >= 15 is 0 Å². The Kier molecular flexibility index (Phi) is 4.70. The monoisotopic (exact) mass is 555 g/mol. The quantitative estimate of drug-likeness (QED) is 0.169. The van der Waals surface area contributed by atoms with Crippen molar-refractivity contribution in [2.75, 3.05) is 4.90 Å². The lowest BCUT2D eigenvalue weighted by Gasteiger charge is -2.20. The fraction of sp³-hybridized carbons (Fsp3) is 0.0526. The van der Waals surface area contributed by atoms with Gasteiger partial charge in [0.15, 0.2) is 0 Å². The first kappa shape index (κ1) is 24.0. The number of imide groups is 1. The Morgan fingerprint density at radius 1 is 0.488 bits per heavy atom. The molecule has 8 aromatic rings. The topological polar surface area (TPSA) is 69.0 Å². The summed E-state index contributed by atoms with van der Waals surface area (Å²) in [6.45, 7) is 3.94. The van der Waals surface area contributed by atoms with Gasteiger partial charge >= 0.3 is 0 Å². The van der Waals surface area contributed by atoms with Crippen molar-refractivity contribution in [2.45, 2.75) is 13.8 Å². The molecule has 43 heavy (non-hydrogen) atoms. The summed E-state index contributed by atoms with van der Waals surface area (Å²) in [4.78, 5) is 38.0. The number of carbonyl (C=O) groups is 2. The highest BCUT2D eigenvalue weighted by Gasteiger charge is 2.43. The van der Waals surface area contributed by atoms with Crippen LogP contribution in [0.25, 0.3) is 65.3 Å². The number of aromatic amines is 2. The lowest BCUT2D eigenvalue weighted by Crippen LogP contribution is -2.31. The molecule has 0 atom stereocenters. The number of hydrogen-bond acceptors (Lipinski definition) is 2. The van der Waals surface area contributed by atoms with E-state index in [1.807, 2.05) is 80.6 Å². The van der Waals surface area contributed by atoms with Crippen LogP contribution in [0.4, 0.5) is 5.69 Å². The molecule has 1 aliphatic heterocycles. The van der Waals surface area contributed by atoms with Gasteiger partial charge in [0.05, 0.1) is 16.8 Å². The summed E-state index contributed by atoms with van der Waals surface area (Å²) in [5, 5.41) is 8.28. The molecule has 2 amide bonds. The van der Waals surface area contributed by atoms with E-state index in [0.29, 0.717) is 16.8 Å². The number of rotatable bonds is 3. The normalized spacial score (nSPS) is 14.2. The van der Waals surface area contributed by atoms with E-state index in [1.54, 1.807) is 0 Å². The smallest absolute Gasteiger partial charge is 0.266 e. The fourth-order valence-corrected chi connectivity index (χ4v) is 7.32. The lowest BCUT2D eigenvalue weighted by atomic mass is 9.93. The average Bonchev–Trinajstić information content (AvgIpc) is 3.61. The van der Waals surface area contributed by atoms with Crippen molar-refractivity contribution in [3.05, 3.63) is 126 Å². The first-order chi connectivity index (χ1) is 21.0. The summed E-state index contributed by atoms with van der Waals surface area (Å²) >= 11 is 0. The predicted molar refractivity (Wildman–Crippen MR) is 176 cm³/mol. The first-order valence-corrected chi connectivity index (χ1v) is 14.5. The van der Waals surface area contributed by atoms with E-state index in [0.717, 1.165) is 76.6 Å². The van der Waals surface area contributed by atoms with Gasteiger partial charge in [-0.1, -0.05) is 84.9 Å². The van der Waals surface area contributed by atoms with Gasteiger partial charge in [0.1, 0.15) is 0 Å². The van der Waals surface area contributed by atoms with Crippen LogP contribution in [0.15, 0.2) is 103 Å². The van der Waals surface area contributed by atoms with E-state index in [4.69, 9.17) is 0 Å². The summed E-state index contributed by atoms with van der Waals surface area (Å²) < 4.78 is 0. The van der Waals surface area contributed by atoms with Gasteiger partial charge in [-0.2, -0.15) is 0 Å². The Morgan fingerprint density at radius 2 is 0.977 bits per heavy atom. The molecule has 0 radical (unpaired) electrons. The Bertz CT molecular complexity index is 2410. The molecule has 204 valence electrons. The van der Waals surface area contributed by atoms with Gasteiger partial charge < -0.3 is 9.97 Å². The zero-order valence-electron chi connectivity index (χ0n) is 23.6. The molecule has 3 heterocycles. The van der Waals surface area contributed by atoms with E-state index in [-0.39, 0.29) is 11.8 Å². The van der Waals surface area contributed by atoms with Gasteiger partial charge in [-0.25, -0.2) is 4.90 Å². The number of anilines is 1. The molecule has 5 nitrogen and oxygen atoms in total. The Hall–Kier alpha value is -5.68. The third-order valence-electron chi connectivity index (χ3n) is 9.12. The molecule has 6 aromatic carbocycles. The molecule has 0 bridgehead atoms. The summed E-state index contributed by atoms with van der Waals surface area (Å²) in [6, 6.07) is 34.5. The Morgan fingerprint density at radius 3 is 1.56 bits per heavy atom. The van der Waals surface area contributed by atoms with Crippen molar-refractivity contribution >= 4 is 82.8 Å². The highest BCUT2D eigenvalue weighted by molar-refractivity contribution is 6.59. The number of H-pyrrole nitrogens is 2. The molecule has 0 saturated carbocycles. The van der Waals surface area contributed by atoms with E-state index in [9.17, 15) is 9.59 Å². The average molecular weight is 556 g/mol. The van der Waals surface area contributed by atoms with Crippen molar-refractivity contribution in [3.8, 4) is 0 Å². The standard InChI is InChI=1S/C38H25N3O2/c1-20-31(25-10-3-5-12-28(25)39-20)35-36(32-21(2)40-29-13-6-4-11-26(29)32)38(43)41(37(35)42)30-19-17-24-15-14-22-8-7-9-23-16-18-27(30)34(24)33(22)23/h3-19,39-40H,1-2H3. The molecular weight excluding hydrogens is 530 g/mol. The summed E-state index contributed by atoms with van der Waals surface area (Å²) in [6.07, 6.45) is 0. The summed E-state index contributed by atoms with van der Waals surface area (Å²) in [7, 11) is 0. The van der Waals surface area contributed by atoms with Gasteiger partial charge in [-0.15, -0.1) is 0 Å². The van der Waals surface area contributed by atoms with Gasteiger partial charge in [-0.05, 0) is 59.0 Å². The van der Waals surface area contributed by atoms with Crippen LogP contribution in [0.3, 0.4) is 0 Å². The van der Waals surface area contributed by atoms with Crippen LogP contribution >= 0.6 is 0 Å². The van der Waals surface area contributed by atoms with Gasteiger partial charge in [0.2, 0.25) is 0 Å². The molecule has 5 heteroatoms. The SMILES string of the molecule is Cc1[nH]c2ccccc2c1C1=C(c2c(C)[nH]c3ccccc23)C(=O)N(c2ccc3ccc4cccc5ccc2c3c45)C1=O. The van der Waals surface area contributed by atoms with E-state index in [1.165, 1.54) is 4.90 Å². The number of benzene rings is 6. The minimum atomic E-state index is -0.312. The molecule has 0 spiro atoms. The van der Waals surface area contributed by atoms with Crippen molar-refractivity contribution in [1.82, 2.24) is 9.97 Å². The second-order valence-corrected chi connectivity index (χ2v) is 11.5. The number of carbonyl (C=O) groups excluding carboxylic acids is 2. The van der Waals surface area contributed by atoms with Crippen molar-refractivity contribution in [3.63, 3.8) is 0 Å². The van der Waals surface area contributed by atoms with Crippen LogP contribution in [0.2, 0.25) is 0 Å². The van der Waals surface area contributed by atoms with Crippen molar-refractivity contribution in [2.24, 2.45) is 0 Å². The van der Waals surface area contributed by atoms with Crippen LogP contribution in [0.5, 0.6) is 0 Å². The first-order valence-electron chi connectivity index (χ1n) is 14.5. The third kappa shape index (κ3) is 3.11. The highest BCUT2D eigenvalue weighted by atomic mass is 16.2. The molecule has 2 N–H and O–H groups in total. The summed E-state index contributed by atoms with van der Waals surface area (Å²) in [5.41, 5.74) is 6.56. The number of aromatic nitrogens is 2. The van der Waals surface area contributed by atoms with Crippen LogP contribution in [0, 0.1) is 13.8 Å². The number of amides is 2. The van der Waals surface area contributed by atoms with Crippen LogP contribution in [0.1, 0.15) is 22.5 Å². The fourth-order valence-electron chi connectivity index (χ4n) is 7.32. The molecule has 0 fully saturated rings. The molecular formula is C38H25N3O2. The summed E-state index contributed by atoms with van der Waals surface area (Å²) in [5.74, 6) is -0.625. The maximum Gasteiger partial charge on any atom is 0.266 e. The lowest BCUT2D eigenvalue weighted by molar-refractivity contribution is -0.119. The molecule has 0 aliphatic carbocycles. The molecule has 0 saturated heterocycles. The molecule has 1 aliphatic rings. The molecule has 0 unspecified atom stereocenters. The Balaban J connectivity index is 1.36. The maximum atomic E-state index is 14.8. The zero-order valence-corrected chi connectivity index (χ0v) is 23.6. The molecule has 2 aromatic heterocycles. The largest absolute Gasteiger partial charge is 0.358 e. The molecule has 9 rings (SSSR count). The number of hydrogen-bond donors (Lipinski definition) is 2. The predicted octanol–water partition coefficient (Wildman–Crippen LogP) is 8.65. The van der Waals surface area contributed by atoms with Crippen LogP contribution in [-0.2, 0) is 9.59 Å².